The fourth-order valence-electron chi connectivity index (χ4n) is 2.97. The summed E-state index contributed by atoms with van der Waals surface area (Å²) in [5, 5.41) is 9.33. The first-order valence-corrected chi connectivity index (χ1v) is 8.46. The Bertz CT molecular complexity index is 428. The third-order valence-electron chi connectivity index (χ3n) is 4.33. The van der Waals surface area contributed by atoms with E-state index in [1.165, 1.54) is 6.42 Å². The molecule has 1 aliphatic heterocycles. The summed E-state index contributed by atoms with van der Waals surface area (Å²) in [5.74, 6) is 1.64. The zero-order chi connectivity index (χ0) is 15.8. The molecule has 0 saturated carbocycles. The lowest BCUT2D eigenvalue weighted by Gasteiger charge is -2.41. The molecule has 0 aromatic carbocycles. The maximum Gasteiger partial charge on any atom is 0.126 e. The summed E-state index contributed by atoms with van der Waals surface area (Å²) in [6.07, 6.45) is 8.01. The summed E-state index contributed by atoms with van der Waals surface area (Å²) >= 11 is 0. The van der Waals surface area contributed by atoms with E-state index in [9.17, 15) is 5.11 Å². The van der Waals surface area contributed by atoms with Gasteiger partial charge in [0.15, 0.2) is 0 Å². The lowest BCUT2D eigenvalue weighted by atomic mass is 10.1. The van der Waals surface area contributed by atoms with Crippen molar-refractivity contribution in [1.82, 2.24) is 9.80 Å². The van der Waals surface area contributed by atoms with Crippen LogP contribution in [0, 0.1) is 5.92 Å². The van der Waals surface area contributed by atoms with Crippen LogP contribution in [0.1, 0.15) is 32.4 Å². The smallest absolute Gasteiger partial charge is 0.126 e. The van der Waals surface area contributed by atoms with Crippen molar-refractivity contribution in [2.45, 2.75) is 32.7 Å². The Kier molecular flexibility index (Phi) is 7.16. The van der Waals surface area contributed by atoms with Crippen LogP contribution in [0.15, 0.2) is 28.9 Å². The molecule has 1 N–H and O–H groups in total. The van der Waals surface area contributed by atoms with Gasteiger partial charge < -0.3 is 9.52 Å². The van der Waals surface area contributed by atoms with E-state index in [1.807, 2.05) is 18.2 Å². The van der Waals surface area contributed by atoms with E-state index in [0.29, 0.717) is 6.04 Å². The van der Waals surface area contributed by atoms with E-state index in [-0.39, 0.29) is 6.61 Å². The van der Waals surface area contributed by atoms with Gasteiger partial charge in [-0.3, -0.25) is 9.80 Å². The molecule has 1 aliphatic rings. The summed E-state index contributed by atoms with van der Waals surface area (Å²) in [6, 6.07) is 4.36. The number of hydrogen-bond acceptors (Lipinski definition) is 4. The van der Waals surface area contributed by atoms with Crippen LogP contribution in [0.5, 0.6) is 0 Å². The minimum atomic E-state index is 0.277. The van der Waals surface area contributed by atoms with Crippen LogP contribution in [-0.2, 0) is 0 Å². The molecule has 22 heavy (non-hydrogen) atoms. The number of rotatable bonds is 8. The summed E-state index contributed by atoms with van der Waals surface area (Å²) in [5.41, 5.74) is 0. The second kappa shape index (κ2) is 9.13. The highest BCUT2D eigenvalue weighted by atomic mass is 16.3. The van der Waals surface area contributed by atoms with Gasteiger partial charge in [-0.2, -0.15) is 0 Å². The number of nitrogens with zero attached hydrogens (tertiary/aromatic N) is 2. The molecule has 0 unspecified atom stereocenters. The van der Waals surface area contributed by atoms with Gasteiger partial charge in [0.1, 0.15) is 5.76 Å². The second-order valence-electron chi connectivity index (χ2n) is 6.56. The standard InChI is InChI=1S/C18H30N2O2/c1-16(2)7-10-20-12-11-19(15-17(20)8-13-21)9-3-5-18-6-4-14-22-18/h3-6,14,16-17,21H,7-13,15H2,1-2H3/b5-3+/t17-/m1/s1. The highest BCUT2D eigenvalue weighted by molar-refractivity contribution is 5.42. The Morgan fingerprint density at radius 3 is 2.95 bits per heavy atom. The van der Waals surface area contributed by atoms with E-state index < -0.39 is 0 Å². The molecule has 0 aliphatic carbocycles. The first kappa shape index (κ1) is 17.3. The molecular weight excluding hydrogens is 276 g/mol. The topological polar surface area (TPSA) is 39.9 Å². The lowest BCUT2D eigenvalue weighted by molar-refractivity contribution is 0.0620. The average molecular weight is 306 g/mol. The third-order valence-corrected chi connectivity index (χ3v) is 4.33. The van der Waals surface area contributed by atoms with E-state index in [4.69, 9.17) is 4.42 Å². The zero-order valence-electron chi connectivity index (χ0n) is 13.9. The Labute approximate surface area is 134 Å². The summed E-state index contributed by atoms with van der Waals surface area (Å²) in [4.78, 5) is 5.02. The van der Waals surface area contributed by atoms with Gasteiger partial charge in [0.2, 0.25) is 0 Å². The van der Waals surface area contributed by atoms with Crippen molar-refractivity contribution in [2.24, 2.45) is 5.92 Å². The fraction of sp³-hybridized carbons (Fsp3) is 0.667. The molecule has 2 heterocycles. The van der Waals surface area contributed by atoms with E-state index >= 15 is 0 Å². The number of aliphatic hydroxyl groups excluding tert-OH is 1. The quantitative estimate of drug-likeness (QED) is 0.801. The molecule has 2 rings (SSSR count). The zero-order valence-corrected chi connectivity index (χ0v) is 13.9. The largest absolute Gasteiger partial charge is 0.465 e. The van der Waals surface area contributed by atoms with Gasteiger partial charge in [0, 0.05) is 38.8 Å². The summed E-state index contributed by atoms with van der Waals surface area (Å²) in [6.45, 7) is 10.2. The lowest BCUT2D eigenvalue weighted by Crippen LogP contribution is -2.53. The third kappa shape index (κ3) is 5.59. The highest BCUT2D eigenvalue weighted by Crippen LogP contribution is 2.15. The van der Waals surface area contributed by atoms with Crippen LogP contribution in [-0.4, -0.2) is 60.3 Å². The molecule has 1 fully saturated rings. The van der Waals surface area contributed by atoms with Gasteiger partial charge in [-0.25, -0.2) is 0 Å². The van der Waals surface area contributed by atoms with Crippen molar-refractivity contribution < 1.29 is 9.52 Å². The Morgan fingerprint density at radius 2 is 2.27 bits per heavy atom. The van der Waals surface area contributed by atoms with Gasteiger partial charge in [0.25, 0.3) is 0 Å². The molecule has 1 aromatic rings. The molecule has 0 radical (unpaired) electrons. The Balaban J connectivity index is 1.80. The van der Waals surface area contributed by atoms with Gasteiger partial charge in [-0.05, 0) is 43.5 Å². The van der Waals surface area contributed by atoms with Crippen molar-refractivity contribution in [3.8, 4) is 0 Å². The van der Waals surface area contributed by atoms with Crippen LogP contribution in [0.3, 0.4) is 0 Å². The van der Waals surface area contributed by atoms with Crippen molar-refractivity contribution in [3.63, 3.8) is 0 Å². The van der Waals surface area contributed by atoms with Gasteiger partial charge in [0.05, 0.1) is 6.26 Å². The first-order valence-electron chi connectivity index (χ1n) is 8.46. The maximum absolute atomic E-state index is 9.33. The molecule has 1 atom stereocenters. The van der Waals surface area contributed by atoms with Crippen LogP contribution in [0.4, 0.5) is 0 Å². The first-order chi connectivity index (χ1) is 10.7. The number of furan rings is 1. The van der Waals surface area contributed by atoms with Crippen LogP contribution >= 0.6 is 0 Å². The van der Waals surface area contributed by atoms with Gasteiger partial charge >= 0.3 is 0 Å². The number of aliphatic hydroxyl groups is 1. The van der Waals surface area contributed by atoms with Crippen LogP contribution in [0.2, 0.25) is 0 Å². The maximum atomic E-state index is 9.33. The molecule has 4 nitrogen and oxygen atoms in total. The van der Waals surface area contributed by atoms with Crippen molar-refractivity contribution >= 4 is 6.08 Å². The molecule has 0 amide bonds. The predicted octanol–water partition coefficient (Wildman–Crippen LogP) is 2.71. The summed E-state index contributed by atoms with van der Waals surface area (Å²) in [7, 11) is 0. The molecular formula is C18H30N2O2. The van der Waals surface area contributed by atoms with Crippen molar-refractivity contribution in [3.05, 3.63) is 30.2 Å². The minimum absolute atomic E-state index is 0.277. The van der Waals surface area contributed by atoms with E-state index in [1.54, 1.807) is 6.26 Å². The van der Waals surface area contributed by atoms with Gasteiger partial charge in [-0.15, -0.1) is 0 Å². The normalized spacial score (nSPS) is 21.2. The summed E-state index contributed by atoms with van der Waals surface area (Å²) < 4.78 is 5.31. The van der Waals surface area contributed by atoms with E-state index in [2.05, 4.69) is 29.7 Å². The fourth-order valence-corrected chi connectivity index (χ4v) is 2.97. The van der Waals surface area contributed by atoms with Crippen LogP contribution < -0.4 is 0 Å². The average Bonchev–Trinajstić information content (AvgIpc) is 3.00. The molecule has 0 bridgehead atoms. The van der Waals surface area contributed by atoms with E-state index in [0.717, 1.165) is 50.8 Å². The predicted molar refractivity (Wildman–Crippen MR) is 90.7 cm³/mol. The highest BCUT2D eigenvalue weighted by Gasteiger charge is 2.25. The van der Waals surface area contributed by atoms with Crippen molar-refractivity contribution in [2.75, 3.05) is 39.3 Å². The Hall–Kier alpha value is -1.10. The van der Waals surface area contributed by atoms with Crippen LogP contribution in [0.25, 0.3) is 6.08 Å². The van der Waals surface area contributed by atoms with Crippen molar-refractivity contribution in [1.29, 1.82) is 0 Å². The number of piperazine rings is 1. The Morgan fingerprint density at radius 1 is 1.41 bits per heavy atom. The molecule has 0 spiro atoms. The molecule has 4 heteroatoms. The number of hydrogen-bond donors (Lipinski definition) is 1. The van der Waals surface area contributed by atoms with Gasteiger partial charge in [-0.1, -0.05) is 19.9 Å². The second-order valence-corrected chi connectivity index (χ2v) is 6.56. The molecule has 124 valence electrons. The molecule has 1 saturated heterocycles. The molecule has 1 aromatic heterocycles. The SMILES string of the molecule is CC(C)CCN1CCN(C/C=C/c2ccco2)C[C@H]1CCO. The monoisotopic (exact) mass is 306 g/mol. The minimum Gasteiger partial charge on any atom is -0.465 e.